The van der Waals surface area contributed by atoms with Crippen LogP contribution in [0, 0.1) is 0 Å². The molecular weight excluding hydrogens is 417 g/mol. The van der Waals surface area contributed by atoms with Crippen LogP contribution >= 0.6 is 11.6 Å². The minimum atomic E-state index is 0. The van der Waals surface area contributed by atoms with Crippen LogP contribution in [0.2, 0.25) is 0 Å². The highest BCUT2D eigenvalue weighted by molar-refractivity contribution is 6.17. The minimum absolute atomic E-state index is 0. The van der Waals surface area contributed by atoms with Gasteiger partial charge in [0.05, 0.1) is 27.2 Å². The van der Waals surface area contributed by atoms with Gasteiger partial charge >= 0.3 is 0 Å². The monoisotopic (exact) mass is 459 g/mol. The predicted molar refractivity (Wildman–Crippen MR) is 103 cm³/mol. The second-order valence-electron chi connectivity index (χ2n) is 7.67. The van der Waals surface area contributed by atoms with Crippen LogP contribution in [0.5, 0.6) is 0 Å². The zero-order valence-electron chi connectivity index (χ0n) is 16.2. The van der Waals surface area contributed by atoms with Crippen LogP contribution in [0.4, 0.5) is 0 Å². The number of halogens is 2. The third-order valence-electron chi connectivity index (χ3n) is 4.76. The number of hydrogen-bond acceptors (Lipinski definition) is 0. The van der Waals surface area contributed by atoms with Crippen LogP contribution in [-0.2, 0) is 0 Å². The molecule has 0 rings (SSSR count). The first-order valence-electron chi connectivity index (χ1n) is 10.0. The molecule has 0 N–H and O–H groups in total. The smallest absolute Gasteiger partial charge is 0.0782 e. The molecule has 0 spiro atoms. The third-order valence-corrected chi connectivity index (χ3v) is 5.03. The van der Waals surface area contributed by atoms with Gasteiger partial charge in [-0.3, -0.25) is 0 Å². The number of unbranched alkanes of at least 4 members (excludes halogenated alkanes) is 12. The molecule has 0 radical (unpaired) electrons. The van der Waals surface area contributed by atoms with Crippen molar-refractivity contribution in [1.82, 2.24) is 0 Å². The van der Waals surface area contributed by atoms with Gasteiger partial charge in [0.1, 0.15) is 0 Å². The van der Waals surface area contributed by atoms with Crippen LogP contribution < -0.4 is 24.0 Å². The van der Waals surface area contributed by atoms with Crippen molar-refractivity contribution in [3.05, 3.63) is 0 Å². The van der Waals surface area contributed by atoms with Crippen molar-refractivity contribution in [2.45, 2.75) is 96.8 Å². The molecule has 1 nitrogen and oxygen atoms in total. The molecule has 0 aliphatic carbocycles. The minimum Gasteiger partial charge on any atom is -1.00 e. The van der Waals surface area contributed by atoms with Gasteiger partial charge in [-0.25, -0.2) is 0 Å². The maximum atomic E-state index is 5.75. The highest BCUT2D eigenvalue weighted by Gasteiger charge is 2.13. The Hall–Kier alpha value is 0.980. The SMILES string of the molecule is CCCCCCCCCCCCCC[N+](C)(C)CCCCCl.[I-]. The summed E-state index contributed by atoms with van der Waals surface area (Å²) in [5.74, 6) is 0.818. The van der Waals surface area contributed by atoms with E-state index in [1.165, 1.54) is 107 Å². The summed E-state index contributed by atoms with van der Waals surface area (Å²) in [6, 6.07) is 0. The average molecular weight is 460 g/mol. The molecule has 142 valence electrons. The van der Waals surface area contributed by atoms with Gasteiger partial charge in [0.25, 0.3) is 0 Å². The Labute approximate surface area is 169 Å². The third kappa shape index (κ3) is 20.9. The summed E-state index contributed by atoms with van der Waals surface area (Å²) in [4.78, 5) is 0. The first-order chi connectivity index (χ1) is 10.6. The van der Waals surface area contributed by atoms with Gasteiger partial charge in [0.2, 0.25) is 0 Å². The van der Waals surface area contributed by atoms with Crippen molar-refractivity contribution in [1.29, 1.82) is 0 Å². The molecule has 0 aromatic rings. The van der Waals surface area contributed by atoms with E-state index in [1.54, 1.807) is 0 Å². The largest absolute Gasteiger partial charge is 1.00 e. The zero-order chi connectivity index (χ0) is 16.5. The number of nitrogens with zero attached hydrogens (tertiary/aromatic N) is 1. The van der Waals surface area contributed by atoms with Gasteiger partial charge in [-0.1, -0.05) is 71.1 Å². The van der Waals surface area contributed by atoms with Crippen LogP contribution in [0.15, 0.2) is 0 Å². The van der Waals surface area contributed by atoms with E-state index in [9.17, 15) is 0 Å². The van der Waals surface area contributed by atoms with E-state index in [4.69, 9.17) is 11.6 Å². The van der Waals surface area contributed by atoms with Gasteiger partial charge < -0.3 is 28.5 Å². The topological polar surface area (TPSA) is 0 Å². The van der Waals surface area contributed by atoms with E-state index in [1.807, 2.05) is 0 Å². The second-order valence-corrected chi connectivity index (χ2v) is 8.05. The number of rotatable bonds is 17. The molecule has 0 unspecified atom stereocenters. The molecule has 0 saturated heterocycles. The molecule has 0 aromatic heterocycles. The normalized spacial score (nSPS) is 11.5. The van der Waals surface area contributed by atoms with E-state index in [-0.39, 0.29) is 24.0 Å². The Morgan fingerprint density at radius 2 is 0.913 bits per heavy atom. The lowest BCUT2D eigenvalue weighted by Crippen LogP contribution is -3.00. The van der Waals surface area contributed by atoms with Gasteiger partial charge in [-0.05, 0) is 25.7 Å². The number of hydrogen-bond donors (Lipinski definition) is 0. The Morgan fingerprint density at radius 3 is 1.30 bits per heavy atom. The fourth-order valence-corrected chi connectivity index (χ4v) is 3.32. The van der Waals surface area contributed by atoms with Gasteiger partial charge in [0.15, 0.2) is 0 Å². The first kappa shape index (κ1) is 26.2. The van der Waals surface area contributed by atoms with Gasteiger partial charge in [-0.15, -0.1) is 11.6 Å². The lowest BCUT2D eigenvalue weighted by molar-refractivity contribution is -0.890. The Kier molecular flexibility index (Phi) is 22.0. The van der Waals surface area contributed by atoms with Gasteiger partial charge in [0, 0.05) is 5.88 Å². The molecule has 0 bridgehead atoms. The molecule has 0 saturated carbocycles. The second kappa shape index (κ2) is 19.3. The van der Waals surface area contributed by atoms with Crippen molar-refractivity contribution in [3.8, 4) is 0 Å². The standard InChI is InChI=1S/C20H43ClN.HI/c1-4-5-6-7-8-9-10-11-12-13-14-16-19-22(2,3)20-17-15-18-21;/h4-20H2,1-3H3;1H/q+1;/p-1. The summed E-state index contributed by atoms with van der Waals surface area (Å²) in [6.07, 6.45) is 19.7. The predicted octanol–water partition coefficient (Wildman–Crippen LogP) is 3.79. The lowest BCUT2D eigenvalue weighted by Gasteiger charge is -2.29. The molecule has 0 heterocycles. The molecule has 0 aliphatic heterocycles. The zero-order valence-corrected chi connectivity index (χ0v) is 19.1. The van der Waals surface area contributed by atoms with E-state index >= 15 is 0 Å². The van der Waals surface area contributed by atoms with Gasteiger partial charge in [-0.2, -0.15) is 0 Å². The Morgan fingerprint density at radius 1 is 0.565 bits per heavy atom. The first-order valence-corrected chi connectivity index (χ1v) is 10.5. The fraction of sp³-hybridized carbons (Fsp3) is 1.00. The number of quaternary nitrogens is 1. The molecule has 0 aromatic carbocycles. The summed E-state index contributed by atoms with van der Waals surface area (Å²) in [6.45, 7) is 4.91. The molecule has 0 amide bonds. The van der Waals surface area contributed by atoms with Crippen molar-refractivity contribution in [2.75, 3.05) is 33.1 Å². The van der Waals surface area contributed by atoms with Crippen LogP contribution in [0.1, 0.15) is 96.8 Å². The summed E-state index contributed by atoms with van der Waals surface area (Å²) in [5.41, 5.74) is 0. The van der Waals surface area contributed by atoms with E-state index < -0.39 is 0 Å². The quantitative estimate of drug-likeness (QED) is 0.134. The highest BCUT2D eigenvalue weighted by atomic mass is 127. The Bertz CT molecular complexity index is 222. The molecule has 3 heteroatoms. The summed E-state index contributed by atoms with van der Waals surface area (Å²) in [5, 5.41) is 0. The van der Waals surface area contributed by atoms with Crippen molar-refractivity contribution >= 4 is 11.6 Å². The van der Waals surface area contributed by atoms with E-state index in [2.05, 4.69) is 21.0 Å². The fourth-order valence-electron chi connectivity index (χ4n) is 3.13. The lowest BCUT2D eigenvalue weighted by atomic mass is 10.1. The highest BCUT2D eigenvalue weighted by Crippen LogP contribution is 2.13. The van der Waals surface area contributed by atoms with Crippen LogP contribution in [0.3, 0.4) is 0 Å². The number of alkyl halides is 1. The maximum absolute atomic E-state index is 5.75. The molecule has 0 aliphatic rings. The Balaban J connectivity index is 0. The summed E-state index contributed by atoms with van der Waals surface area (Å²) in [7, 11) is 4.74. The average Bonchev–Trinajstić information content (AvgIpc) is 2.48. The van der Waals surface area contributed by atoms with Crippen LogP contribution in [0.25, 0.3) is 0 Å². The summed E-state index contributed by atoms with van der Waals surface area (Å²) < 4.78 is 1.18. The van der Waals surface area contributed by atoms with E-state index in [0.29, 0.717) is 0 Å². The van der Waals surface area contributed by atoms with Crippen molar-refractivity contribution in [3.63, 3.8) is 0 Å². The van der Waals surface area contributed by atoms with Crippen molar-refractivity contribution in [2.24, 2.45) is 0 Å². The maximum Gasteiger partial charge on any atom is 0.0782 e. The van der Waals surface area contributed by atoms with E-state index in [0.717, 1.165) is 5.88 Å². The van der Waals surface area contributed by atoms with Crippen LogP contribution in [-0.4, -0.2) is 37.5 Å². The molecular formula is C20H43ClIN. The molecule has 0 fully saturated rings. The molecule has 23 heavy (non-hydrogen) atoms. The summed E-state index contributed by atoms with van der Waals surface area (Å²) >= 11 is 5.75. The van der Waals surface area contributed by atoms with Crippen molar-refractivity contribution < 1.29 is 28.5 Å². The molecule has 0 atom stereocenters.